The van der Waals surface area contributed by atoms with Gasteiger partial charge in [0.15, 0.2) is 0 Å². The predicted octanol–water partition coefficient (Wildman–Crippen LogP) is 3.44. The Morgan fingerprint density at radius 3 is 2.61 bits per heavy atom. The molecule has 1 heterocycles. The lowest BCUT2D eigenvalue weighted by Crippen LogP contribution is -2.13. The van der Waals surface area contributed by atoms with E-state index in [0.29, 0.717) is 17.0 Å². The first kappa shape index (κ1) is 14.8. The molecule has 0 fully saturated rings. The number of carbonyl (C=O) groups excluding carboxylic acids is 1. The number of aromatic nitrogens is 2. The van der Waals surface area contributed by atoms with E-state index in [1.165, 1.54) is 0 Å². The van der Waals surface area contributed by atoms with E-state index in [-0.39, 0.29) is 5.91 Å². The van der Waals surface area contributed by atoms with Gasteiger partial charge in [-0.05, 0) is 55.0 Å². The lowest BCUT2D eigenvalue weighted by atomic mass is 10.1. The highest BCUT2D eigenvalue weighted by Gasteiger charge is 2.10. The molecular formula is C18H17N3O2. The second kappa shape index (κ2) is 6.36. The second-order valence-corrected chi connectivity index (χ2v) is 5.16. The highest BCUT2D eigenvalue weighted by Crippen LogP contribution is 2.25. The first-order valence-corrected chi connectivity index (χ1v) is 7.23. The van der Waals surface area contributed by atoms with Crippen LogP contribution in [-0.4, -0.2) is 22.8 Å². The van der Waals surface area contributed by atoms with Gasteiger partial charge in [0, 0.05) is 18.0 Å². The van der Waals surface area contributed by atoms with Crippen LogP contribution >= 0.6 is 0 Å². The number of hydrogen-bond acceptors (Lipinski definition) is 3. The molecule has 2 aromatic carbocycles. The fourth-order valence-corrected chi connectivity index (χ4v) is 2.30. The van der Waals surface area contributed by atoms with Crippen LogP contribution in [0.15, 0.2) is 60.9 Å². The maximum Gasteiger partial charge on any atom is 0.255 e. The van der Waals surface area contributed by atoms with Crippen molar-refractivity contribution < 1.29 is 9.53 Å². The minimum Gasteiger partial charge on any atom is -0.495 e. The van der Waals surface area contributed by atoms with Gasteiger partial charge in [-0.1, -0.05) is 6.07 Å². The van der Waals surface area contributed by atoms with E-state index in [1.807, 2.05) is 49.5 Å². The summed E-state index contributed by atoms with van der Waals surface area (Å²) in [6, 6.07) is 14.8. The van der Waals surface area contributed by atoms with Gasteiger partial charge in [-0.25, -0.2) is 4.68 Å². The highest BCUT2D eigenvalue weighted by atomic mass is 16.5. The van der Waals surface area contributed by atoms with Crippen molar-refractivity contribution in [1.82, 2.24) is 9.78 Å². The zero-order chi connectivity index (χ0) is 16.2. The van der Waals surface area contributed by atoms with Crippen LogP contribution in [0.4, 0.5) is 5.69 Å². The molecule has 0 bridgehead atoms. The van der Waals surface area contributed by atoms with Gasteiger partial charge in [-0.3, -0.25) is 4.79 Å². The van der Waals surface area contributed by atoms with Crippen molar-refractivity contribution in [3.05, 3.63) is 72.1 Å². The lowest BCUT2D eigenvalue weighted by Gasteiger charge is -2.11. The molecule has 0 spiro atoms. The molecule has 116 valence electrons. The molecule has 0 atom stereocenters. The van der Waals surface area contributed by atoms with Crippen molar-refractivity contribution in [2.75, 3.05) is 12.4 Å². The van der Waals surface area contributed by atoms with Crippen LogP contribution in [0.25, 0.3) is 5.69 Å². The number of hydrogen-bond donors (Lipinski definition) is 1. The van der Waals surface area contributed by atoms with Crippen molar-refractivity contribution in [2.45, 2.75) is 6.92 Å². The summed E-state index contributed by atoms with van der Waals surface area (Å²) in [5.41, 5.74) is 3.19. The fourth-order valence-electron chi connectivity index (χ4n) is 2.30. The molecule has 3 rings (SSSR count). The van der Waals surface area contributed by atoms with Crippen LogP contribution in [-0.2, 0) is 0 Å². The Bertz CT molecular complexity index is 809. The molecular weight excluding hydrogens is 290 g/mol. The number of nitrogens with zero attached hydrogens (tertiary/aromatic N) is 2. The third-order valence-corrected chi connectivity index (χ3v) is 3.50. The van der Waals surface area contributed by atoms with E-state index in [9.17, 15) is 4.79 Å². The van der Waals surface area contributed by atoms with E-state index in [4.69, 9.17) is 4.74 Å². The van der Waals surface area contributed by atoms with E-state index in [1.54, 1.807) is 30.1 Å². The van der Waals surface area contributed by atoms with Crippen LogP contribution < -0.4 is 10.1 Å². The third-order valence-electron chi connectivity index (χ3n) is 3.50. The van der Waals surface area contributed by atoms with Gasteiger partial charge in [0.2, 0.25) is 0 Å². The summed E-state index contributed by atoms with van der Waals surface area (Å²) < 4.78 is 7.02. The molecule has 0 saturated carbocycles. The average Bonchev–Trinajstić information content (AvgIpc) is 3.10. The molecule has 1 N–H and O–H groups in total. The molecule has 0 unspecified atom stereocenters. The number of carbonyl (C=O) groups is 1. The SMILES string of the molecule is COc1ccc(C)cc1NC(=O)c1ccc(-n2cccn2)cc1. The molecule has 0 aliphatic heterocycles. The van der Waals surface area contributed by atoms with Crippen LogP contribution in [0.1, 0.15) is 15.9 Å². The summed E-state index contributed by atoms with van der Waals surface area (Å²) in [6.45, 7) is 1.97. The number of methoxy groups -OCH3 is 1. The Labute approximate surface area is 134 Å². The zero-order valence-corrected chi connectivity index (χ0v) is 13.0. The van der Waals surface area contributed by atoms with Gasteiger partial charge in [0.1, 0.15) is 5.75 Å². The van der Waals surface area contributed by atoms with E-state index < -0.39 is 0 Å². The van der Waals surface area contributed by atoms with Gasteiger partial charge in [-0.15, -0.1) is 0 Å². The van der Waals surface area contributed by atoms with Gasteiger partial charge < -0.3 is 10.1 Å². The fraction of sp³-hybridized carbons (Fsp3) is 0.111. The molecule has 0 aliphatic rings. The normalized spacial score (nSPS) is 10.3. The number of aryl methyl sites for hydroxylation is 1. The predicted molar refractivity (Wildman–Crippen MR) is 89.2 cm³/mol. The minimum absolute atomic E-state index is 0.180. The van der Waals surface area contributed by atoms with Crippen molar-refractivity contribution >= 4 is 11.6 Å². The van der Waals surface area contributed by atoms with Crippen LogP contribution in [0.3, 0.4) is 0 Å². The average molecular weight is 307 g/mol. The summed E-state index contributed by atoms with van der Waals surface area (Å²) in [5, 5.41) is 7.05. The van der Waals surface area contributed by atoms with E-state index in [0.717, 1.165) is 11.3 Å². The molecule has 1 amide bonds. The first-order chi connectivity index (χ1) is 11.2. The summed E-state index contributed by atoms with van der Waals surface area (Å²) in [6.07, 6.45) is 3.57. The lowest BCUT2D eigenvalue weighted by molar-refractivity contribution is 0.102. The summed E-state index contributed by atoms with van der Waals surface area (Å²) >= 11 is 0. The van der Waals surface area contributed by atoms with Gasteiger partial charge in [0.05, 0.1) is 18.5 Å². The second-order valence-electron chi connectivity index (χ2n) is 5.16. The number of amides is 1. The summed E-state index contributed by atoms with van der Waals surface area (Å²) in [7, 11) is 1.58. The first-order valence-electron chi connectivity index (χ1n) is 7.23. The van der Waals surface area contributed by atoms with Crippen molar-refractivity contribution in [3.8, 4) is 11.4 Å². The number of nitrogens with one attached hydrogen (secondary N) is 1. The minimum atomic E-state index is -0.180. The molecule has 3 aromatic rings. The molecule has 0 saturated heterocycles. The van der Waals surface area contributed by atoms with E-state index >= 15 is 0 Å². The molecule has 23 heavy (non-hydrogen) atoms. The summed E-state index contributed by atoms with van der Waals surface area (Å²) in [4.78, 5) is 12.4. The largest absolute Gasteiger partial charge is 0.495 e. The maximum atomic E-state index is 12.4. The number of benzene rings is 2. The third kappa shape index (κ3) is 3.23. The van der Waals surface area contributed by atoms with Crippen molar-refractivity contribution in [2.24, 2.45) is 0 Å². The number of rotatable bonds is 4. The van der Waals surface area contributed by atoms with E-state index in [2.05, 4.69) is 10.4 Å². The Morgan fingerprint density at radius 2 is 1.96 bits per heavy atom. The topological polar surface area (TPSA) is 56.1 Å². The Kier molecular flexibility index (Phi) is 4.10. The molecule has 0 aliphatic carbocycles. The monoisotopic (exact) mass is 307 g/mol. The molecule has 5 heteroatoms. The maximum absolute atomic E-state index is 12.4. The Morgan fingerprint density at radius 1 is 1.17 bits per heavy atom. The van der Waals surface area contributed by atoms with Gasteiger partial charge in [0.25, 0.3) is 5.91 Å². The molecule has 0 radical (unpaired) electrons. The van der Waals surface area contributed by atoms with Gasteiger partial charge in [-0.2, -0.15) is 5.10 Å². The molecule has 1 aromatic heterocycles. The van der Waals surface area contributed by atoms with Gasteiger partial charge >= 0.3 is 0 Å². The number of anilines is 1. The summed E-state index contributed by atoms with van der Waals surface area (Å²) in [5.74, 6) is 0.457. The highest BCUT2D eigenvalue weighted by molar-refractivity contribution is 6.05. The molecule has 5 nitrogen and oxygen atoms in total. The Hall–Kier alpha value is -3.08. The Balaban J connectivity index is 1.80. The zero-order valence-electron chi connectivity index (χ0n) is 13.0. The smallest absolute Gasteiger partial charge is 0.255 e. The standard InChI is InChI=1S/C18H17N3O2/c1-13-4-9-17(23-2)16(12-13)20-18(22)14-5-7-15(8-6-14)21-11-3-10-19-21/h3-12H,1-2H3,(H,20,22). The van der Waals surface area contributed by atoms with Crippen LogP contribution in [0, 0.1) is 6.92 Å². The van der Waals surface area contributed by atoms with Crippen molar-refractivity contribution in [3.63, 3.8) is 0 Å². The quantitative estimate of drug-likeness (QED) is 0.803. The van der Waals surface area contributed by atoms with Crippen LogP contribution in [0.2, 0.25) is 0 Å². The number of ether oxygens (including phenoxy) is 1. The van der Waals surface area contributed by atoms with Crippen molar-refractivity contribution in [1.29, 1.82) is 0 Å². The van der Waals surface area contributed by atoms with Crippen LogP contribution in [0.5, 0.6) is 5.75 Å².